The Kier molecular flexibility index (Phi) is 2.77. The Bertz CT molecular complexity index is 266. The van der Waals surface area contributed by atoms with E-state index in [1.807, 2.05) is 0 Å². The molecule has 1 aromatic carbocycles. The molecule has 0 aliphatic carbocycles. The summed E-state index contributed by atoms with van der Waals surface area (Å²) in [5.74, 6) is -0.343. The van der Waals surface area contributed by atoms with Gasteiger partial charge in [0.05, 0.1) is 6.61 Å². The second-order valence-electron chi connectivity index (χ2n) is 2.26. The van der Waals surface area contributed by atoms with Crippen LogP contribution in [0, 0.1) is 6.07 Å². The maximum atomic E-state index is 11.6. The number of benzene rings is 1. The van der Waals surface area contributed by atoms with Crippen LogP contribution in [0.25, 0.3) is 0 Å². The first kappa shape index (κ1) is 9.85. The Morgan fingerprint density at radius 2 is 2.08 bits per heavy atom. The fourth-order valence-electron chi connectivity index (χ4n) is 0.738. The van der Waals surface area contributed by atoms with Crippen molar-refractivity contribution in [1.82, 2.24) is 0 Å². The van der Waals surface area contributed by atoms with Crippen molar-refractivity contribution >= 4 is 0 Å². The highest BCUT2D eigenvalue weighted by atomic mass is 19.4. The van der Waals surface area contributed by atoms with Crippen LogP contribution >= 0.6 is 0 Å². The second kappa shape index (κ2) is 3.66. The molecule has 1 N–H and O–H groups in total. The Morgan fingerprint density at radius 1 is 1.38 bits per heavy atom. The molecule has 0 aliphatic rings. The van der Waals surface area contributed by atoms with Gasteiger partial charge in [0.2, 0.25) is 0 Å². The van der Waals surface area contributed by atoms with E-state index in [-0.39, 0.29) is 12.4 Å². The molecule has 0 fully saturated rings. The van der Waals surface area contributed by atoms with Crippen LogP contribution < -0.4 is 4.74 Å². The average molecular weight is 191 g/mol. The first-order chi connectivity index (χ1) is 6.01. The first-order valence-corrected chi connectivity index (χ1v) is 3.38. The Morgan fingerprint density at radius 3 is 2.46 bits per heavy atom. The summed E-state index contributed by atoms with van der Waals surface area (Å²) in [5, 5.41) is 8.57. The third-order valence-corrected chi connectivity index (χ3v) is 1.25. The van der Waals surface area contributed by atoms with Crippen LogP contribution in [0.15, 0.2) is 18.2 Å². The summed E-state index contributed by atoms with van der Waals surface area (Å²) >= 11 is 0. The van der Waals surface area contributed by atoms with Crippen LogP contribution in [0.3, 0.4) is 0 Å². The Labute approximate surface area is 72.6 Å². The molecule has 2 nitrogen and oxygen atoms in total. The van der Waals surface area contributed by atoms with Gasteiger partial charge in [0, 0.05) is 0 Å². The van der Waals surface area contributed by atoms with E-state index in [0.29, 0.717) is 5.56 Å². The highest BCUT2D eigenvalue weighted by molar-refractivity contribution is 5.25. The first-order valence-electron chi connectivity index (χ1n) is 3.38. The highest BCUT2D eigenvalue weighted by Crippen LogP contribution is 2.22. The molecule has 0 saturated carbocycles. The lowest BCUT2D eigenvalue weighted by molar-refractivity contribution is -0.274. The van der Waals surface area contributed by atoms with Crippen molar-refractivity contribution in [2.75, 3.05) is 0 Å². The lowest BCUT2D eigenvalue weighted by Crippen LogP contribution is -2.17. The van der Waals surface area contributed by atoms with Crippen molar-refractivity contribution in [2.45, 2.75) is 13.0 Å². The monoisotopic (exact) mass is 191 g/mol. The van der Waals surface area contributed by atoms with Gasteiger partial charge in [-0.3, -0.25) is 0 Å². The molecule has 0 saturated heterocycles. The van der Waals surface area contributed by atoms with Gasteiger partial charge in [-0.2, -0.15) is 0 Å². The van der Waals surface area contributed by atoms with E-state index < -0.39 is 6.36 Å². The number of alkyl halides is 3. The summed E-state index contributed by atoms with van der Waals surface area (Å²) in [7, 11) is 0. The predicted octanol–water partition coefficient (Wildman–Crippen LogP) is 1.88. The average Bonchev–Trinajstić information content (AvgIpc) is 2.03. The van der Waals surface area contributed by atoms with Gasteiger partial charge in [0.15, 0.2) is 0 Å². The highest BCUT2D eigenvalue weighted by Gasteiger charge is 2.30. The Hall–Kier alpha value is -1.23. The maximum Gasteiger partial charge on any atom is 0.573 e. The van der Waals surface area contributed by atoms with Gasteiger partial charge in [-0.15, -0.1) is 13.2 Å². The van der Waals surface area contributed by atoms with Crippen LogP contribution in [-0.4, -0.2) is 11.5 Å². The smallest absolute Gasteiger partial charge is 0.406 e. The molecule has 1 radical (unpaired) electrons. The standard InChI is InChI=1S/C8H6F3O2/c9-8(10,11)13-7-3-1-6(5-12)2-4-7/h1,3-4,12H,5H2. The molecule has 71 valence electrons. The van der Waals surface area contributed by atoms with E-state index in [2.05, 4.69) is 10.8 Å². The van der Waals surface area contributed by atoms with Crippen molar-refractivity contribution in [3.8, 4) is 5.75 Å². The van der Waals surface area contributed by atoms with Crippen LogP contribution in [0.4, 0.5) is 13.2 Å². The van der Waals surface area contributed by atoms with Gasteiger partial charge >= 0.3 is 6.36 Å². The van der Waals surface area contributed by atoms with Gasteiger partial charge in [-0.05, 0) is 23.8 Å². The number of halogens is 3. The molecule has 0 atom stereocenters. The summed E-state index contributed by atoms with van der Waals surface area (Å²) in [6.45, 7) is -0.258. The van der Waals surface area contributed by atoms with Crippen LogP contribution in [-0.2, 0) is 6.61 Å². The van der Waals surface area contributed by atoms with E-state index in [4.69, 9.17) is 5.11 Å². The number of ether oxygens (including phenoxy) is 1. The minimum Gasteiger partial charge on any atom is -0.406 e. The van der Waals surface area contributed by atoms with Crippen molar-refractivity contribution in [1.29, 1.82) is 0 Å². The van der Waals surface area contributed by atoms with E-state index >= 15 is 0 Å². The molecule has 0 heterocycles. The second-order valence-corrected chi connectivity index (χ2v) is 2.26. The number of hydrogen-bond donors (Lipinski definition) is 1. The van der Waals surface area contributed by atoms with Crippen LogP contribution in [0.2, 0.25) is 0 Å². The molecule has 0 bridgehead atoms. The SMILES string of the molecule is OCc1[c]cc(OC(F)(F)F)cc1. The molecule has 1 rings (SSSR count). The summed E-state index contributed by atoms with van der Waals surface area (Å²) in [6, 6.07) is 5.89. The van der Waals surface area contributed by atoms with E-state index in [0.717, 1.165) is 12.1 Å². The van der Waals surface area contributed by atoms with Crippen molar-refractivity contribution in [3.63, 3.8) is 0 Å². The van der Waals surface area contributed by atoms with Crippen molar-refractivity contribution in [3.05, 3.63) is 29.8 Å². The van der Waals surface area contributed by atoms with Gasteiger partial charge in [-0.25, -0.2) is 0 Å². The quantitative estimate of drug-likeness (QED) is 0.773. The zero-order valence-corrected chi connectivity index (χ0v) is 6.43. The summed E-state index contributed by atoms with van der Waals surface area (Å²) in [6.07, 6.45) is -4.69. The number of rotatable bonds is 2. The number of hydrogen-bond acceptors (Lipinski definition) is 2. The fraction of sp³-hybridized carbons (Fsp3) is 0.250. The number of aliphatic hydroxyl groups excluding tert-OH is 1. The molecule has 0 amide bonds. The Balaban J connectivity index is 2.70. The van der Waals surface area contributed by atoms with Crippen molar-refractivity contribution in [2.24, 2.45) is 0 Å². The summed E-state index contributed by atoms with van der Waals surface area (Å²) in [4.78, 5) is 0. The van der Waals surface area contributed by atoms with Crippen molar-refractivity contribution < 1.29 is 23.0 Å². The van der Waals surface area contributed by atoms with Gasteiger partial charge in [0.25, 0.3) is 0 Å². The largest absolute Gasteiger partial charge is 0.573 e. The van der Waals surface area contributed by atoms with Crippen LogP contribution in [0.1, 0.15) is 5.56 Å². The lowest BCUT2D eigenvalue weighted by atomic mass is 10.2. The van der Waals surface area contributed by atoms with Gasteiger partial charge in [-0.1, -0.05) is 6.07 Å². The molecule has 0 unspecified atom stereocenters. The fourth-order valence-corrected chi connectivity index (χ4v) is 0.738. The molecule has 1 aromatic rings. The van der Waals surface area contributed by atoms with Gasteiger partial charge < -0.3 is 9.84 Å². The van der Waals surface area contributed by atoms with Crippen LogP contribution in [0.5, 0.6) is 5.75 Å². The molecular formula is C8H6F3O2. The molecule has 5 heteroatoms. The zero-order chi connectivity index (χ0) is 9.90. The molecular weight excluding hydrogens is 185 g/mol. The minimum absolute atomic E-state index is 0.258. The summed E-state index contributed by atoms with van der Waals surface area (Å²) < 4.78 is 38.5. The zero-order valence-electron chi connectivity index (χ0n) is 6.43. The van der Waals surface area contributed by atoms with E-state index in [1.165, 1.54) is 6.07 Å². The number of aliphatic hydroxyl groups is 1. The molecule has 0 aliphatic heterocycles. The molecule has 0 spiro atoms. The minimum atomic E-state index is -4.69. The normalized spacial score (nSPS) is 11.4. The molecule has 13 heavy (non-hydrogen) atoms. The maximum absolute atomic E-state index is 11.6. The third kappa shape index (κ3) is 3.33. The lowest BCUT2D eigenvalue weighted by Gasteiger charge is -2.08. The predicted molar refractivity (Wildman–Crippen MR) is 37.9 cm³/mol. The topological polar surface area (TPSA) is 29.5 Å². The summed E-state index contributed by atoms with van der Waals surface area (Å²) in [5.41, 5.74) is 0.412. The third-order valence-electron chi connectivity index (χ3n) is 1.25. The van der Waals surface area contributed by atoms with E-state index in [1.54, 1.807) is 0 Å². The molecule has 0 aromatic heterocycles. The van der Waals surface area contributed by atoms with Gasteiger partial charge in [0.1, 0.15) is 5.75 Å². The van der Waals surface area contributed by atoms with E-state index in [9.17, 15) is 13.2 Å².